The molecule has 1 N–H and O–H groups in total. The molecule has 0 spiro atoms. The number of aliphatic hydroxyl groups is 1. The van der Waals surface area contributed by atoms with E-state index in [0.717, 1.165) is 7.11 Å². The first-order valence-corrected chi connectivity index (χ1v) is 4.60. The van der Waals surface area contributed by atoms with E-state index >= 15 is 0 Å². The molecule has 0 atom stereocenters. The zero-order valence-electron chi connectivity index (χ0n) is 8.07. The quantitative estimate of drug-likeness (QED) is 0.569. The third kappa shape index (κ3) is 1.22. The summed E-state index contributed by atoms with van der Waals surface area (Å²) in [6, 6.07) is 12.9. The number of benzene rings is 2. The lowest BCUT2D eigenvalue weighted by atomic mass is 10.0. The molecule has 0 radical (unpaired) electrons. The Bertz CT molecular complexity index is 443. The van der Waals surface area contributed by atoms with Gasteiger partial charge in [-0.25, -0.2) is 0 Å². The number of hydrogen-bond donors (Lipinski definition) is 1. The average Bonchev–Trinajstić information content (AvgIpc) is 2.68. The fraction of sp³-hybridized carbons (Fsp3) is 0.0769. The van der Waals surface area contributed by atoms with Gasteiger partial charge in [-0.3, -0.25) is 0 Å². The lowest BCUT2D eigenvalue weighted by molar-refractivity contribution is 0.399. The first-order chi connectivity index (χ1) is 6.95. The van der Waals surface area contributed by atoms with Crippen LogP contribution in [0.25, 0.3) is 22.9 Å². The van der Waals surface area contributed by atoms with Crippen LogP contribution >= 0.6 is 0 Å². The van der Waals surface area contributed by atoms with Gasteiger partial charge in [0.25, 0.3) is 0 Å². The van der Waals surface area contributed by atoms with Crippen molar-refractivity contribution in [3.63, 3.8) is 0 Å². The fourth-order valence-electron chi connectivity index (χ4n) is 1.86. The molecule has 0 bridgehead atoms. The SMILES string of the molecule is C1=Cc2cccc3cccc1c23.CO. The van der Waals surface area contributed by atoms with E-state index in [1.165, 1.54) is 21.9 Å². The molecule has 1 nitrogen and oxygen atoms in total. The summed E-state index contributed by atoms with van der Waals surface area (Å²) in [6.45, 7) is 0. The molecule has 3 rings (SSSR count). The van der Waals surface area contributed by atoms with Crippen molar-refractivity contribution in [2.75, 3.05) is 7.11 Å². The van der Waals surface area contributed by atoms with Gasteiger partial charge < -0.3 is 5.11 Å². The maximum absolute atomic E-state index is 7.00. The van der Waals surface area contributed by atoms with E-state index in [9.17, 15) is 0 Å². The summed E-state index contributed by atoms with van der Waals surface area (Å²) in [5.41, 5.74) is 2.70. The summed E-state index contributed by atoms with van der Waals surface area (Å²) in [5, 5.41) is 9.75. The van der Waals surface area contributed by atoms with E-state index in [1.54, 1.807) is 0 Å². The summed E-state index contributed by atoms with van der Waals surface area (Å²) in [6.07, 6.45) is 4.36. The molecule has 2 aromatic rings. The molecule has 2 aromatic carbocycles. The Labute approximate surface area is 83.3 Å². The minimum Gasteiger partial charge on any atom is -0.400 e. The van der Waals surface area contributed by atoms with Crippen molar-refractivity contribution in [3.8, 4) is 0 Å². The minimum absolute atomic E-state index is 1.00. The van der Waals surface area contributed by atoms with Gasteiger partial charge in [-0.1, -0.05) is 48.6 Å². The Morgan fingerprint density at radius 2 is 1.29 bits per heavy atom. The molecule has 70 valence electrons. The molecule has 0 unspecified atom stereocenters. The summed E-state index contributed by atoms with van der Waals surface area (Å²) in [7, 11) is 1.00. The number of rotatable bonds is 0. The smallest absolute Gasteiger partial charge is 0.0319 e. The predicted molar refractivity (Wildman–Crippen MR) is 61.0 cm³/mol. The van der Waals surface area contributed by atoms with Gasteiger partial charge in [-0.05, 0) is 21.9 Å². The van der Waals surface area contributed by atoms with Gasteiger partial charge in [0.1, 0.15) is 0 Å². The second-order valence-electron chi connectivity index (χ2n) is 3.13. The molecule has 0 aromatic heterocycles. The highest BCUT2D eigenvalue weighted by atomic mass is 16.2. The molecule has 1 aliphatic carbocycles. The second kappa shape index (κ2) is 3.64. The third-order valence-electron chi connectivity index (χ3n) is 2.41. The Hall–Kier alpha value is -1.60. The molecule has 0 aliphatic heterocycles. The molecule has 1 aliphatic rings. The van der Waals surface area contributed by atoms with E-state index in [0.29, 0.717) is 0 Å². The van der Waals surface area contributed by atoms with Gasteiger partial charge in [0.2, 0.25) is 0 Å². The first kappa shape index (κ1) is 8.97. The summed E-state index contributed by atoms with van der Waals surface area (Å²) in [5.74, 6) is 0. The Morgan fingerprint density at radius 1 is 0.786 bits per heavy atom. The molecule has 1 heteroatoms. The van der Waals surface area contributed by atoms with Gasteiger partial charge in [0.15, 0.2) is 0 Å². The van der Waals surface area contributed by atoms with Crippen LogP contribution in [0.15, 0.2) is 36.4 Å². The zero-order chi connectivity index (χ0) is 9.97. The Morgan fingerprint density at radius 3 is 1.79 bits per heavy atom. The Balaban J connectivity index is 0.000000354. The van der Waals surface area contributed by atoms with E-state index < -0.39 is 0 Å². The highest BCUT2D eigenvalue weighted by molar-refractivity contribution is 6.04. The van der Waals surface area contributed by atoms with Gasteiger partial charge in [-0.15, -0.1) is 0 Å². The van der Waals surface area contributed by atoms with Crippen LogP contribution in [0.1, 0.15) is 11.1 Å². The van der Waals surface area contributed by atoms with Gasteiger partial charge in [0, 0.05) is 7.11 Å². The maximum atomic E-state index is 7.00. The molecule has 0 saturated heterocycles. The molecular weight excluding hydrogens is 172 g/mol. The average molecular weight is 184 g/mol. The van der Waals surface area contributed by atoms with Crippen molar-refractivity contribution in [3.05, 3.63) is 47.5 Å². The molecule has 0 saturated carbocycles. The second-order valence-corrected chi connectivity index (χ2v) is 3.13. The van der Waals surface area contributed by atoms with E-state index in [2.05, 4.69) is 48.6 Å². The molecule has 0 heterocycles. The highest BCUT2D eigenvalue weighted by Crippen LogP contribution is 2.30. The third-order valence-corrected chi connectivity index (χ3v) is 2.41. The highest BCUT2D eigenvalue weighted by Gasteiger charge is 2.06. The number of hydrogen-bond acceptors (Lipinski definition) is 1. The zero-order valence-corrected chi connectivity index (χ0v) is 8.07. The van der Waals surface area contributed by atoms with Crippen molar-refractivity contribution in [2.45, 2.75) is 0 Å². The molecular formula is C13H12O. The van der Waals surface area contributed by atoms with Gasteiger partial charge in [-0.2, -0.15) is 0 Å². The van der Waals surface area contributed by atoms with Crippen LogP contribution < -0.4 is 0 Å². The van der Waals surface area contributed by atoms with Crippen LogP contribution in [0, 0.1) is 0 Å². The maximum Gasteiger partial charge on any atom is 0.0319 e. The van der Waals surface area contributed by atoms with Crippen molar-refractivity contribution in [2.24, 2.45) is 0 Å². The van der Waals surface area contributed by atoms with E-state index in [-0.39, 0.29) is 0 Å². The number of aliphatic hydroxyl groups excluding tert-OH is 1. The topological polar surface area (TPSA) is 20.2 Å². The molecule has 14 heavy (non-hydrogen) atoms. The standard InChI is InChI=1S/C12H8.CH4O/c1-3-9-4-2-6-11-8-7-10(5-1)12(9)11;1-2/h1-8H;2H,1H3. The summed E-state index contributed by atoms with van der Waals surface area (Å²) < 4.78 is 0. The van der Waals surface area contributed by atoms with Crippen LogP contribution in [-0.4, -0.2) is 12.2 Å². The van der Waals surface area contributed by atoms with Gasteiger partial charge in [0.05, 0.1) is 0 Å². The van der Waals surface area contributed by atoms with Crippen molar-refractivity contribution in [1.29, 1.82) is 0 Å². The normalized spacial score (nSPS) is 11.3. The van der Waals surface area contributed by atoms with Crippen molar-refractivity contribution >= 4 is 22.9 Å². The van der Waals surface area contributed by atoms with E-state index in [1.807, 2.05) is 0 Å². The van der Waals surface area contributed by atoms with Gasteiger partial charge >= 0.3 is 0 Å². The van der Waals surface area contributed by atoms with Crippen LogP contribution in [0.3, 0.4) is 0 Å². The lowest BCUT2D eigenvalue weighted by Gasteiger charge is -1.99. The monoisotopic (exact) mass is 184 g/mol. The minimum atomic E-state index is 1.00. The predicted octanol–water partition coefficient (Wildman–Crippen LogP) is 2.93. The summed E-state index contributed by atoms with van der Waals surface area (Å²) >= 11 is 0. The van der Waals surface area contributed by atoms with Crippen LogP contribution in [-0.2, 0) is 0 Å². The fourth-order valence-corrected chi connectivity index (χ4v) is 1.86. The molecule has 0 fully saturated rings. The summed E-state index contributed by atoms with van der Waals surface area (Å²) in [4.78, 5) is 0. The van der Waals surface area contributed by atoms with Crippen molar-refractivity contribution < 1.29 is 5.11 Å². The lowest BCUT2D eigenvalue weighted by Crippen LogP contribution is -1.76. The van der Waals surface area contributed by atoms with E-state index in [4.69, 9.17) is 5.11 Å². The van der Waals surface area contributed by atoms with Crippen LogP contribution in [0.2, 0.25) is 0 Å². The van der Waals surface area contributed by atoms with Crippen LogP contribution in [0.5, 0.6) is 0 Å². The van der Waals surface area contributed by atoms with Crippen molar-refractivity contribution in [1.82, 2.24) is 0 Å². The Kier molecular flexibility index (Phi) is 2.33. The largest absolute Gasteiger partial charge is 0.400 e. The molecule has 0 amide bonds. The first-order valence-electron chi connectivity index (χ1n) is 4.60. The van der Waals surface area contributed by atoms with Crippen LogP contribution in [0.4, 0.5) is 0 Å².